The fourth-order valence-electron chi connectivity index (χ4n) is 6.90. The first-order valence-electron chi connectivity index (χ1n) is 21.5. The fourth-order valence-corrected chi connectivity index (χ4v) is 7.42. The smallest absolute Gasteiger partial charge is 0.244 e. The molecule has 0 aliphatic carbocycles. The molecule has 0 aliphatic heterocycles. The molecule has 67 heavy (non-hydrogen) atoms. The molecule has 362 valence electrons. The molecule has 0 saturated carbocycles. The van der Waals surface area contributed by atoms with E-state index < -0.39 is 95.5 Å². The van der Waals surface area contributed by atoms with E-state index in [1.54, 1.807) is 32.2 Å². The van der Waals surface area contributed by atoms with Crippen molar-refractivity contribution in [2.45, 2.75) is 88.2 Å². The van der Waals surface area contributed by atoms with Crippen LogP contribution in [-0.2, 0) is 57.6 Å². The largest absolute Gasteiger partial charge is 0.368 e. The fraction of sp³-hybridized carbons (Fsp3) is 0.442. The van der Waals surface area contributed by atoms with E-state index in [9.17, 15) is 38.4 Å². The maximum absolute atomic E-state index is 14.5. The summed E-state index contributed by atoms with van der Waals surface area (Å²) in [4.78, 5) is 122. The quantitative estimate of drug-likeness (QED) is 0.0274. The highest BCUT2D eigenvalue weighted by Gasteiger charge is 2.35. The van der Waals surface area contributed by atoms with Gasteiger partial charge in [0.2, 0.25) is 47.3 Å². The van der Waals surface area contributed by atoms with Crippen LogP contribution >= 0.6 is 25.3 Å². The zero-order chi connectivity index (χ0) is 49.0. The molecule has 3 aromatic heterocycles. The first-order chi connectivity index (χ1) is 32.1. The molecular formula is C43H60N14O8S2. The second-order valence-corrected chi connectivity index (χ2v) is 16.7. The number of aromatic amines is 2. The minimum Gasteiger partial charge on any atom is -0.368 e. The Bertz CT molecular complexity index is 2300. The summed E-state index contributed by atoms with van der Waals surface area (Å²) in [7, 11) is 0. The molecule has 1 aromatic carbocycles. The van der Waals surface area contributed by atoms with Crippen molar-refractivity contribution in [3.8, 4) is 0 Å². The van der Waals surface area contributed by atoms with Crippen LogP contribution in [0, 0.1) is 5.92 Å². The number of nitrogens with zero attached hydrogens (tertiary/aromatic N) is 2. The number of hydrogen-bond donors (Lipinski definition) is 14. The Balaban J connectivity index is 1.58. The van der Waals surface area contributed by atoms with Crippen LogP contribution in [0.3, 0.4) is 0 Å². The Labute approximate surface area is 397 Å². The predicted octanol–water partition coefficient (Wildman–Crippen LogP) is -2.59. The van der Waals surface area contributed by atoms with Crippen molar-refractivity contribution < 1.29 is 38.4 Å². The number of pyridine rings is 1. The summed E-state index contributed by atoms with van der Waals surface area (Å²) in [6, 6.07) is 1.98. The Morgan fingerprint density at radius 3 is 1.82 bits per heavy atom. The summed E-state index contributed by atoms with van der Waals surface area (Å²) in [6.45, 7) is 3.09. The molecule has 0 bridgehead atoms. The van der Waals surface area contributed by atoms with Crippen LogP contribution in [0.1, 0.15) is 43.5 Å². The number of thiol groups is 2. The van der Waals surface area contributed by atoms with Gasteiger partial charge >= 0.3 is 0 Å². The van der Waals surface area contributed by atoms with Crippen LogP contribution in [0.2, 0.25) is 0 Å². The third-order valence-corrected chi connectivity index (χ3v) is 11.3. The van der Waals surface area contributed by atoms with Crippen molar-refractivity contribution in [3.05, 3.63) is 84.3 Å². The van der Waals surface area contributed by atoms with E-state index >= 15 is 0 Å². The summed E-state index contributed by atoms with van der Waals surface area (Å²) in [5.41, 5.74) is 19.3. The highest BCUT2D eigenvalue weighted by molar-refractivity contribution is 7.80. The number of imidazole rings is 1. The minimum atomic E-state index is -1.35. The van der Waals surface area contributed by atoms with Crippen LogP contribution in [-0.4, -0.2) is 134 Å². The van der Waals surface area contributed by atoms with E-state index in [0.717, 1.165) is 10.9 Å². The SMILES string of the molecule is CC(C)[C@H](NC(=O)[C@H](CCCN)NC(=O)[C@@H](Cc1c[nH]c2ccccc12)NC(=O)[C@H](Cc1cccnc1)NC(=O)[C@@H](CS)NC(=O)CN)C(=O)N[C@@H](CS)C(=O)N[C@@H](Cc1cnc[nH]1)C(N)=O. The molecule has 0 fully saturated rings. The van der Waals surface area contributed by atoms with E-state index in [-0.39, 0.29) is 56.7 Å². The first-order valence-corrected chi connectivity index (χ1v) is 22.8. The number of amides is 8. The number of primary amides is 1. The zero-order valence-corrected chi connectivity index (χ0v) is 38.9. The Morgan fingerprint density at radius 1 is 0.642 bits per heavy atom. The van der Waals surface area contributed by atoms with Crippen LogP contribution in [0.15, 0.2) is 67.5 Å². The monoisotopic (exact) mass is 964 g/mol. The lowest BCUT2D eigenvalue weighted by Crippen LogP contribution is -2.61. The summed E-state index contributed by atoms with van der Waals surface area (Å²) in [5.74, 6) is -6.82. The van der Waals surface area contributed by atoms with E-state index in [1.165, 1.54) is 24.9 Å². The van der Waals surface area contributed by atoms with Gasteiger partial charge in [-0.1, -0.05) is 38.1 Å². The number of hydrogen-bond acceptors (Lipinski definition) is 14. The second-order valence-electron chi connectivity index (χ2n) is 16.0. The molecule has 8 amide bonds. The van der Waals surface area contributed by atoms with Gasteiger partial charge in [-0.15, -0.1) is 0 Å². The summed E-state index contributed by atoms with van der Waals surface area (Å²) < 4.78 is 0. The van der Waals surface area contributed by atoms with Gasteiger partial charge < -0.3 is 64.4 Å². The molecule has 24 heteroatoms. The zero-order valence-electron chi connectivity index (χ0n) is 37.1. The van der Waals surface area contributed by atoms with Gasteiger partial charge in [-0.25, -0.2) is 4.98 Å². The summed E-state index contributed by atoms with van der Waals surface area (Å²) in [6.07, 6.45) is 7.78. The van der Waals surface area contributed by atoms with Gasteiger partial charge in [0.15, 0.2) is 0 Å². The highest BCUT2D eigenvalue weighted by Crippen LogP contribution is 2.20. The number of rotatable bonds is 27. The average molecular weight is 965 g/mol. The molecule has 4 rings (SSSR count). The molecule has 7 atom stereocenters. The normalized spacial score (nSPS) is 14.3. The number of fused-ring (bicyclic) bond motifs is 1. The van der Waals surface area contributed by atoms with Crippen LogP contribution in [0.5, 0.6) is 0 Å². The molecule has 22 nitrogen and oxygen atoms in total. The van der Waals surface area contributed by atoms with E-state index in [1.807, 2.05) is 24.3 Å². The topological polar surface area (TPSA) is 356 Å². The van der Waals surface area contributed by atoms with Gasteiger partial charge in [0.05, 0.1) is 12.9 Å². The van der Waals surface area contributed by atoms with Gasteiger partial charge in [-0.3, -0.25) is 43.3 Å². The lowest BCUT2D eigenvalue weighted by atomic mass is 10.0. The third-order valence-electron chi connectivity index (χ3n) is 10.6. The van der Waals surface area contributed by atoms with Crippen molar-refractivity contribution >= 4 is 83.4 Å². The molecule has 4 aromatic rings. The number of carbonyl (C=O) groups is 8. The number of para-hydroxylation sites is 1. The van der Waals surface area contributed by atoms with Crippen molar-refractivity contribution in [3.63, 3.8) is 0 Å². The van der Waals surface area contributed by atoms with E-state index in [0.29, 0.717) is 16.8 Å². The van der Waals surface area contributed by atoms with Gasteiger partial charge in [0, 0.05) is 72.2 Å². The number of benzene rings is 1. The molecule has 3 heterocycles. The van der Waals surface area contributed by atoms with Crippen molar-refractivity contribution in [2.24, 2.45) is 23.1 Å². The standard InChI is InChI=1S/C43H60N14O8S2/c1-23(2)36(43(65)56-34(21-67)42(64)53-30(37(46)59)15-26-19-48-22-50-26)57-38(60)29(10-5-11-44)52-40(62)32(14-25-18-49-28-9-4-3-8-27(25)28)55-39(61)31(13-24-7-6-12-47-17-24)54-41(63)33(20-66)51-35(58)16-45/h3-4,6-9,12,17-19,22-23,29-34,36,49,66-67H,5,10-11,13-16,20-21,44-45H2,1-2H3,(H2,46,59)(H,48,50)(H,51,58)(H,52,62)(H,53,64)(H,54,63)(H,55,61)(H,56,65)(H,57,60)/t29-,30-,31-,32+,33+,34-,36-/m0/s1. The molecule has 0 aliphatic rings. The lowest BCUT2D eigenvalue weighted by molar-refractivity contribution is -0.136. The molecule has 0 spiro atoms. The van der Waals surface area contributed by atoms with Gasteiger partial charge in [0.1, 0.15) is 42.3 Å². The van der Waals surface area contributed by atoms with Crippen LogP contribution in [0.25, 0.3) is 10.9 Å². The average Bonchev–Trinajstić information content (AvgIpc) is 3.99. The molecular weight excluding hydrogens is 905 g/mol. The number of aromatic nitrogens is 4. The summed E-state index contributed by atoms with van der Waals surface area (Å²) in [5, 5.41) is 19.2. The maximum Gasteiger partial charge on any atom is 0.244 e. The van der Waals surface area contributed by atoms with Gasteiger partial charge in [0.25, 0.3) is 0 Å². The van der Waals surface area contributed by atoms with Crippen molar-refractivity contribution in [1.29, 1.82) is 0 Å². The molecule has 15 N–H and O–H groups in total. The molecule has 0 unspecified atom stereocenters. The Morgan fingerprint density at radius 2 is 1.24 bits per heavy atom. The Kier molecular flexibility index (Phi) is 21.1. The number of nitrogens with one attached hydrogen (secondary N) is 9. The number of nitrogens with two attached hydrogens (primary N) is 3. The van der Waals surface area contributed by atoms with E-state index in [2.05, 4.69) is 82.4 Å². The van der Waals surface area contributed by atoms with Gasteiger partial charge in [-0.2, -0.15) is 25.3 Å². The number of H-pyrrole nitrogens is 2. The van der Waals surface area contributed by atoms with Crippen LogP contribution < -0.4 is 54.4 Å². The minimum absolute atomic E-state index is 0.0110. The van der Waals surface area contributed by atoms with Crippen molar-refractivity contribution in [2.75, 3.05) is 24.6 Å². The van der Waals surface area contributed by atoms with E-state index in [4.69, 9.17) is 17.2 Å². The molecule has 0 saturated heterocycles. The predicted molar refractivity (Wildman–Crippen MR) is 255 cm³/mol. The third kappa shape index (κ3) is 16.1. The highest BCUT2D eigenvalue weighted by atomic mass is 32.1. The first kappa shape index (κ1) is 53.1. The Hall–Kier alpha value is -6.50. The van der Waals surface area contributed by atoms with Crippen LogP contribution in [0.4, 0.5) is 0 Å². The lowest BCUT2D eigenvalue weighted by Gasteiger charge is -2.29. The number of carbonyl (C=O) groups excluding carboxylic acids is 8. The maximum atomic E-state index is 14.5. The summed E-state index contributed by atoms with van der Waals surface area (Å²) >= 11 is 8.43. The van der Waals surface area contributed by atoms with Gasteiger partial charge in [-0.05, 0) is 48.6 Å². The molecule has 0 radical (unpaired) electrons. The second kappa shape index (κ2) is 26.6. The van der Waals surface area contributed by atoms with Crippen molar-refractivity contribution in [1.82, 2.24) is 57.2 Å².